The molecule has 0 heterocycles. The fourth-order valence-electron chi connectivity index (χ4n) is 2.60. The molecule has 0 spiro atoms. The zero-order valence-electron chi connectivity index (χ0n) is 14.6. The maximum Gasteiger partial charge on any atom is 0.134 e. The average Bonchev–Trinajstić information content (AvgIpc) is 2.50. The van der Waals surface area contributed by atoms with Gasteiger partial charge in [-0.25, -0.2) is 4.39 Å². The third kappa shape index (κ3) is 5.32. The van der Waals surface area contributed by atoms with Gasteiger partial charge in [0, 0.05) is 20.6 Å². The minimum atomic E-state index is -1.05. The number of hydrogen-bond acceptors (Lipinski definition) is 2. The van der Waals surface area contributed by atoms with Crippen molar-refractivity contribution in [3.8, 4) is 5.75 Å². The SMILES string of the molecule is COc1cccc(F)c1C1=CC(COCC[Si](C)(C)C)CC=C1. The first-order chi connectivity index (χ1) is 10.9. The number of hydrogen-bond donors (Lipinski definition) is 0. The highest BCUT2D eigenvalue weighted by Crippen LogP contribution is 2.33. The van der Waals surface area contributed by atoms with Crippen LogP contribution in [-0.2, 0) is 4.74 Å². The molecule has 0 radical (unpaired) electrons. The number of benzene rings is 1. The molecule has 0 saturated heterocycles. The van der Waals surface area contributed by atoms with Crippen LogP contribution in [0.15, 0.2) is 36.4 Å². The molecule has 1 aromatic rings. The van der Waals surface area contributed by atoms with Crippen molar-refractivity contribution < 1.29 is 13.9 Å². The fraction of sp³-hybridized carbons (Fsp3) is 0.474. The number of ether oxygens (including phenoxy) is 2. The summed E-state index contributed by atoms with van der Waals surface area (Å²) in [6.07, 6.45) is 7.11. The van der Waals surface area contributed by atoms with E-state index in [1.807, 2.05) is 6.08 Å². The van der Waals surface area contributed by atoms with Crippen LogP contribution >= 0.6 is 0 Å². The third-order valence-corrected chi connectivity index (χ3v) is 5.67. The summed E-state index contributed by atoms with van der Waals surface area (Å²) in [6.45, 7) is 8.56. The summed E-state index contributed by atoms with van der Waals surface area (Å²) in [7, 11) is 0.521. The smallest absolute Gasteiger partial charge is 0.134 e. The molecule has 1 atom stereocenters. The second kappa shape index (κ2) is 7.93. The van der Waals surface area contributed by atoms with Crippen LogP contribution in [0.4, 0.5) is 4.39 Å². The van der Waals surface area contributed by atoms with Gasteiger partial charge >= 0.3 is 0 Å². The van der Waals surface area contributed by atoms with Crippen molar-refractivity contribution in [2.75, 3.05) is 20.3 Å². The van der Waals surface area contributed by atoms with Gasteiger partial charge in [0.15, 0.2) is 0 Å². The molecule has 1 unspecified atom stereocenters. The minimum absolute atomic E-state index is 0.249. The molecule has 4 heteroatoms. The Morgan fingerprint density at radius 2 is 2.04 bits per heavy atom. The Hall–Kier alpha value is -1.39. The molecule has 0 fully saturated rings. The van der Waals surface area contributed by atoms with Crippen molar-refractivity contribution in [3.63, 3.8) is 0 Å². The van der Waals surface area contributed by atoms with Gasteiger partial charge in [0.05, 0.1) is 19.3 Å². The highest BCUT2D eigenvalue weighted by molar-refractivity contribution is 6.76. The summed E-state index contributed by atoms with van der Waals surface area (Å²) in [5.41, 5.74) is 1.42. The predicted octanol–water partition coefficient (Wildman–Crippen LogP) is 5.15. The number of rotatable bonds is 7. The number of halogens is 1. The lowest BCUT2D eigenvalue weighted by atomic mass is 9.92. The van der Waals surface area contributed by atoms with Gasteiger partial charge in [-0.05, 0) is 30.2 Å². The summed E-state index contributed by atoms with van der Waals surface area (Å²) in [5, 5.41) is 0. The monoisotopic (exact) mass is 334 g/mol. The largest absolute Gasteiger partial charge is 0.496 e. The highest BCUT2D eigenvalue weighted by Gasteiger charge is 2.18. The lowest BCUT2D eigenvalue weighted by molar-refractivity contribution is 0.124. The minimum Gasteiger partial charge on any atom is -0.496 e. The molecule has 0 amide bonds. The first kappa shape index (κ1) is 18.0. The Balaban J connectivity index is 2.03. The summed E-state index contributed by atoms with van der Waals surface area (Å²) in [4.78, 5) is 0. The van der Waals surface area contributed by atoms with Crippen molar-refractivity contribution in [2.45, 2.75) is 32.1 Å². The molecule has 1 aliphatic rings. The molecule has 23 heavy (non-hydrogen) atoms. The fourth-order valence-corrected chi connectivity index (χ4v) is 3.35. The average molecular weight is 335 g/mol. The van der Waals surface area contributed by atoms with E-state index in [1.54, 1.807) is 19.2 Å². The molecule has 2 rings (SSSR count). The van der Waals surface area contributed by atoms with Gasteiger partial charge in [0.1, 0.15) is 11.6 Å². The zero-order valence-corrected chi connectivity index (χ0v) is 15.6. The highest BCUT2D eigenvalue weighted by atomic mass is 28.3. The first-order valence-electron chi connectivity index (χ1n) is 8.20. The zero-order chi connectivity index (χ0) is 16.9. The van der Waals surface area contributed by atoms with Gasteiger partial charge in [-0.2, -0.15) is 0 Å². The van der Waals surface area contributed by atoms with E-state index in [2.05, 4.69) is 31.8 Å². The number of methoxy groups -OCH3 is 1. The Morgan fingerprint density at radius 1 is 1.26 bits per heavy atom. The van der Waals surface area contributed by atoms with Gasteiger partial charge in [0.2, 0.25) is 0 Å². The van der Waals surface area contributed by atoms with Gasteiger partial charge in [-0.15, -0.1) is 0 Å². The van der Waals surface area contributed by atoms with Crippen LogP contribution in [-0.4, -0.2) is 28.4 Å². The summed E-state index contributed by atoms with van der Waals surface area (Å²) < 4.78 is 25.4. The predicted molar refractivity (Wildman–Crippen MR) is 97.1 cm³/mol. The van der Waals surface area contributed by atoms with Gasteiger partial charge in [-0.3, -0.25) is 0 Å². The van der Waals surface area contributed by atoms with Crippen molar-refractivity contribution >= 4 is 13.6 Å². The topological polar surface area (TPSA) is 18.5 Å². The van der Waals surface area contributed by atoms with Crippen LogP contribution in [0.1, 0.15) is 12.0 Å². The number of allylic oxidation sites excluding steroid dienone is 3. The standard InChI is InChI=1S/C19H27FO2Si/c1-21-18-10-6-9-17(20)19(18)16-8-5-7-15(13-16)14-22-11-12-23(2,3)4/h5-6,8-10,13,15H,7,11-12,14H2,1-4H3. The lowest BCUT2D eigenvalue weighted by Gasteiger charge is -2.20. The van der Waals surface area contributed by atoms with E-state index >= 15 is 0 Å². The van der Waals surface area contributed by atoms with Crippen LogP contribution < -0.4 is 4.74 Å². The van der Waals surface area contributed by atoms with Crippen LogP contribution in [0.25, 0.3) is 5.57 Å². The quantitative estimate of drug-likeness (QED) is 0.507. The molecular weight excluding hydrogens is 307 g/mol. The lowest BCUT2D eigenvalue weighted by Crippen LogP contribution is -2.22. The summed E-state index contributed by atoms with van der Waals surface area (Å²) >= 11 is 0. The Kier molecular flexibility index (Phi) is 6.19. The van der Waals surface area contributed by atoms with Crippen LogP contribution in [0.2, 0.25) is 25.7 Å². The van der Waals surface area contributed by atoms with Crippen LogP contribution in [0.3, 0.4) is 0 Å². The maximum atomic E-state index is 14.2. The van der Waals surface area contributed by atoms with Crippen molar-refractivity contribution in [1.82, 2.24) is 0 Å². The molecule has 1 aromatic carbocycles. The summed E-state index contributed by atoms with van der Waals surface area (Å²) in [5.74, 6) is 0.614. The molecule has 126 valence electrons. The van der Waals surface area contributed by atoms with E-state index in [9.17, 15) is 4.39 Å². The van der Waals surface area contributed by atoms with Crippen LogP contribution in [0.5, 0.6) is 5.75 Å². The first-order valence-corrected chi connectivity index (χ1v) is 11.9. The molecular formula is C19H27FO2Si. The maximum absolute atomic E-state index is 14.2. The normalized spacial score (nSPS) is 18.0. The van der Waals surface area contributed by atoms with Crippen molar-refractivity contribution in [1.29, 1.82) is 0 Å². The Labute approximate surface area is 140 Å². The van der Waals surface area contributed by atoms with E-state index < -0.39 is 8.07 Å². The molecule has 0 saturated carbocycles. The van der Waals surface area contributed by atoms with E-state index in [0.717, 1.165) is 18.6 Å². The second-order valence-electron chi connectivity index (χ2n) is 7.22. The van der Waals surface area contributed by atoms with Gasteiger partial charge in [0.25, 0.3) is 0 Å². The van der Waals surface area contributed by atoms with Crippen LogP contribution in [0, 0.1) is 11.7 Å². The van der Waals surface area contributed by atoms with Gasteiger partial charge < -0.3 is 9.47 Å². The van der Waals surface area contributed by atoms with Crippen molar-refractivity contribution in [3.05, 3.63) is 47.8 Å². The van der Waals surface area contributed by atoms with E-state index in [-0.39, 0.29) is 5.82 Å². The molecule has 0 N–H and O–H groups in total. The molecule has 0 aromatic heterocycles. The van der Waals surface area contributed by atoms with E-state index in [0.29, 0.717) is 23.8 Å². The van der Waals surface area contributed by atoms with Crippen molar-refractivity contribution in [2.24, 2.45) is 5.92 Å². The van der Waals surface area contributed by atoms with E-state index in [4.69, 9.17) is 9.47 Å². The summed E-state index contributed by atoms with van der Waals surface area (Å²) in [6, 6.07) is 6.11. The van der Waals surface area contributed by atoms with Gasteiger partial charge in [-0.1, -0.05) is 43.9 Å². The molecule has 2 nitrogen and oxygen atoms in total. The second-order valence-corrected chi connectivity index (χ2v) is 12.8. The Bertz CT molecular complexity index is 588. The Morgan fingerprint density at radius 3 is 2.74 bits per heavy atom. The molecule has 0 bridgehead atoms. The molecule has 0 aliphatic heterocycles. The van der Waals surface area contributed by atoms with E-state index in [1.165, 1.54) is 12.1 Å². The third-order valence-electron chi connectivity index (χ3n) is 3.96. The molecule has 1 aliphatic carbocycles.